The van der Waals surface area contributed by atoms with Crippen molar-refractivity contribution >= 4 is 5.91 Å². The zero-order chi connectivity index (χ0) is 15.1. The highest BCUT2D eigenvalue weighted by Crippen LogP contribution is 2.18. The van der Waals surface area contributed by atoms with E-state index >= 15 is 0 Å². The van der Waals surface area contributed by atoms with Gasteiger partial charge < -0.3 is 10.1 Å². The SMILES string of the molecule is COCCNC(=O)C(C)NC(C)c1ccc(C)cc1C. The van der Waals surface area contributed by atoms with Gasteiger partial charge in [0, 0.05) is 19.7 Å². The van der Waals surface area contributed by atoms with Crippen LogP contribution in [0, 0.1) is 13.8 Å². The lowest BCUT2D eigenvalue weighted by atomic mass is 10.00. The van der Waals surface area contributed by atoms with Crippen molar-refractivity contribution in [3.05, 3.63) is 34.9 Å². The number of rotatable bonds is 7. The van der Waals surface area contributed by atoms with Gasteiger partial charge in [-0.2, -0.15) is 0 Å². The number of hydrogen-bond donors (Lipinski definition) is 2. The molecule has 2 N–H and O–H groups in total. The van der Waals surface area contributed by atoms with E-state index in [0.717, 1.165) is 0 Å². The molecule has 0 aromatic heterocycles. The molecule has 0 saturated heterocycles. The zero-order valence-electron chi connectivity index (χ0n) is 13.1. The van der Waals surface area contributed by atoms with Gasteiger partial charge in [0.15, 0.2) is 0 Å². The fourth-order valence-corrected chi connectivity index (χ4v) is 2.28. The summed E-state index contributed by atoms with van der Waals surface area (Å²) in [7, 11) is 1.62. The van der Waals surface area contributed by atoms with Crippen molar-refractivity contribution in [2.75, 3.05) is 20.3 Å². The quantitative estimate of drug-likeness (QED) is 0.751. The second-order valence-electron chi connectivity index (χ2n) is 5.25. The van der Waals surface area contributed by atoms with Crippen molar-refractivity contribution in [2.45, 2.75) is 39.8 Å². The third-order valence-corrected chi connectivity index (χ3v) is 3.39. The van der Waals surface area contributed by atoms with Gasteiger partial charge in [-0.1, -0.05) is 23.8 Å². The molecule has 1 aromatic rings. The van der Waals surface area contributed by atoms with Crippen LogP contribution in [0.1, 0.15) is 36.6 Å². The topological polar surface area (TPSA) is 50.4 Å². The number of amides is 1. The Hall–Kier alpha value is -1.39. The molecule has 4 heteroatoms. The summed E-state index contributed by atoms with van der Waals surface area (Å²) < 4.78 is 4.91. The first-order chi connectivity index (χ1) is 9.45. The summed E-state index contributed by atoms with van der Waals surface area (Å²) in [5, 5.41) is 6.17. The third kappa shape index (κ3) is 4.94. The van der Waals surface area contributed by atoms with Crippen LogP contribution in [0.5, 0.6) is 0 Å². The molecular formula is C16H26N2O2. The van der Waals surface area contributed by atoms with E-state index in [4.69, 9.17) is 4.74 Å². The van der Waals surface area contributed by atoms with Crippen molar-refractivity contribution in [3.8, 4) is 0 Å². The minimum Gasteiger partial charge on any atom is -0.383 e. The molecule has 0 fully saturated rings. The zero-order valence-corrected chi connectivity index (χ0v) is 13.1. The number of ether oxygens (including phenoxy) is 1. The van der Waals surface area contributed by atoms with Crippen molar-refractivity contribution in [3.63, 3.8) is 0 Å². The number of carbonyl (C=O) groups is 1. The van der Waals surface area contributed by atoms with E-state index in [9.17, 15) is 4.79 Å². The summed E-state index contributed by atoms with van der Waals surface area (Å²) in [5.74, 6) is -0.00124. The fourth-order valence-electron chi connectivity index (χ4n) is 2.28. The van der Waals surface area contributed by atoms with Crippen LogP contribution in [0.4, 0.5) is 0 Å². The van der Waals surface area contributed by atoms with Crippen molar-refractivity contribution in [1.82, 2.24) is 10.6 Å². The third-order valence-electron chi connectivity index (χ3n) is 3.39. The van der Waals surface area contributed by atoms with Crippen molar-refractivity contribution in [2.24, 2.45) is 0 Å². The Balaban J connectivity index is 2.56. The number of nitrogens with one attached hydrogen (secondary N) is 2. The standard InChI is InChI=1S/C16H26N2O2/c1-11-6-7-15(12(2)10-11)13(3)18-14(4)16(19)17-8-9-20-5/h6-7,10,13-14,18H,8-9H2,1-5H3,(H,17,19). The average Bonchev–Trinajstić information content (AvgIpc) is 2.38. The van der Waals surface area contributed by atoms with Crippen LogP contribution in [0.25, 0.3) is 0 Å². The minimum absolute atomic E-state index is 0.00124. The maximum Gasteiger partial charge on any atom is 0.236 e. The van der Waals surface area contributed by atoms with Gasteiger partial charge in [-0.05, 0) is 38.8 Å². The summed E-state index contributed by atoms with van der Waals surface area (Å²) in [6, 6.07) is 6.29. The monoisotopic (exact) mass is 278 g/mol. The van der Waals surface area contributed by atoms with Gasteiger partial charge in [0.25, 0.3) is 0 Å². The van der Waals surface area contributed by atoms with E-state index in [1.807, 2.05) is 6.92 Å². The Kier molecular flexibility index (Phi) is 6.68. The summed E-state index contributed by atoms with van der Waals surface area (Å²) in [6.45, 7) is 9.22. The lowest BCUT2D eigenvalue weighted by Crippen LogP contribution is -2.44. The normalized spacial score (nSPS) is 13.8. The molecule has 0 radical (unpaired) electrons. The summed E-state index contributed by atoms with van der Waals surface area (Å²) in [5.41, 5.74) is 3.73. The second-order valence-corrected chi connectivity index (χ2v) is 5.25. The highest BCUT2D eigenvalue weighted by atomic mass is 16.5. The van der Waals surface area contributed by atoms with Crippen molar-refractivity contribution in [1.29, 1.82) is 0 Å². The fraction of sp³-hybridized carbons (Fsp3) is 0.562. The molecule has 2 unspecified atom stereocenters. The Labute approximate surface area is 121 Å². The van der Waals surface area contributed by atoms with Gasteiger partial charge in [-0.15, -0.1) is 0 Å². The first kappa shape index (κ1) is 16.7. The predicted molar refractivity (Wildman–Crippen MR) is 81.8 cm³/mol. The smallest absolute Gasteiger partial charge is 0.236 e. The van der Waals surface area contributed by atoms with E-state index < -0.39 is 0 Å². The summed E-state index contributed by atoms with van der Waals surface area (Å²) in [4.78, 5) is 11.9. The van der Waals surface area contributed by atoms with Crippen LogP contribution >= 0.6 is 0 Å². The molecule has 0 spiro atoms. The maximum absolute atomic E-state index is 11.9. The minimum atomic E-state index is -0.234. The van der Waals surface area contributed by atoms with Crippen molar-refractivity contribution < 1.29 is 9.53 Å². The molecule has 1 aromatic carbocycles. The number of hydrogen-bond acceptors (Lipinski definition) is 3. The molecule has 20 heavy (non-hydrogen) atoms. The van der Waals surface area contributed by atoms with Crippen LogP contribution in [0.3, 0.4) is 0 Å². The first-order valence-corrected chi connectivity index (χ1v) is 7.05. The van der Waals surface area contributed by atoms with Gasteiger partial charge in [-0.25, -0.2) is 0 Å². The molecule has 0 bridgehead atoms. The Morgan fingerprint density at radius 1 is 1.30 bits per heavy atom. The van der Waals surface area contributed by atoms with E-state index in [2.05, 4.69) is 49.6 Å². The molecule has 0 aliphatic rings. The molecule has 1 rings (SSSR count). The van der Waals surface area contributed by atoms with Crippen LogP contribution < -0.4 is 10.6 Å². The van der Waals surface area contributed by atoms with E-state index in [1.165, 1.54) is 16.7 Å². The second kappa shape index (κ2) is 8.02. The van der Waals surface area contributed by atoms with E-state index in [1.54, 1.807) is 7.11 Å². The molecule has 2 atom stereocenters. The maximum atomic E-state index is 11.9. The van der Waals surface area contributed by atoms with Gasteiger partial charge in [0.1, 0.15) is 0 Å². The number of aryl methyl sites for hydroxylation is 2. The predicted octanol–water partition coefficient (Wildman–Crippen LogP) is 2.11. The Morgan fingerprint density at radius 3 is 2.60 bits per heavy atom. The van der Waals surface area contributed by atoms with Gasteiger partial charge in [-0.3, -0.25) is 10.1 Å². The molecule has 0 saturated carbocycles. The molecule has 1 amide bonds. The van der Waals surface area contributed by atoms with Crippen LogP contribution in [-0.4, -0.2) is 32.2 Å². The number of methoxy groups -OCH3 is 1. The summed E-state index contributed by atoms with van der Waals surface area (Å²) >= 11 is 0. The molecule has 4 nitrogen and oxygen atoms in total. The lowest BCUT2D eigenvalue weighted by Gasteiger charge is -2.21. The van der Waals surface area contributed by atoms with Crippen LogP contribution in [-0.2, 0) is 9.53 Å². The van der Waals surface area contributed by atoms with Crippen LogP contribution in [0.2, 0.25) is 0 Å². The molecule has 0 aliphatic heterocycles. The summed E-state index contributed by atoms with van der Waals surface area (Å²) in [6.07, 6.45) is 0. The van der Waals surface area contributed by atoms with Gasteiger partial charge >= 0.3 is 0 Å². The largest absolute Gasteiger partial charge is 0.383 e. The van der Waals surface area contributed by atoms with E-state index in [-0.39, 0.29) is 18.0 Å². The average molecular weight is 278 g/mol. The lowest BCUT2D eigenvalue weighted by molar-refractivity contribution is -0.123. The van der Waals surface area contributed by atoms with Gasteiger partial charge in [0.05, 0.1) is 12.6 Å². The Bertz CT molecular complexity index is 446. The van der Waals surface area contributed by atoms with E-state index in [0.29, 0.717) is 13.2 Å². The highest BCUT2D eigenvalue weighted by molar-refractivity contribution is 5.81. The molecular weight excluding hydrogens is 252 g/mol. The molecule has 0 aliphatic carbocycles. The van der Waals surface area contributed by atoms with Crippen LogP contribution in [0.15, 0.2) is 18.2 Å². The molecule has 0 heterocycles. The number of benzene rings is 1. The number of carbonyl (C=O) groups excluding carboxylic acids is 1. The molecule has 112 valence electrons. The first-order valence-electron chi connectivity index (χ1n) is 7.05. The van der Waals surface area contributed by atoms with Gasteiger partial charge in [0.2, 0.25) is 5.91 Å². The highest BCUT2D eigenvalue weighted by Gasteiger charge is 2.16. The Morgan fingerprint density at radius 2 is 2.00 bits per heavy atom.